The lowest BCUT2D eigenvalue weighted by Gasteiger charge is -2.36. The van der Waals surface area contributed by atoms with Crippen molar-refractivity contribution in [2.75, 3.05) is 52.5 Å². The number of amides is 2. The van der Waals surface area contributed by atoms with Gasteiger partial charge < -0.3 is 20.1 Å². The van der Waals surface area contributed by atoms with E-state index in [1.807, 2.05) is 4.90 Å². The third kappa shape index (κ3) is 4.96. The standard InChI is InChI=1S/C20H31N3O3/c24-14-4-10-23(19-8-3-6-17-5-1-2-7-18(17)19)20(25)21-9-11-22-12-15-26-16-13-22/h1-2,5,7,19,24H,3-4,6,8-16H2,(H,21,25)/t19-/m0/s1. The van der Waals surface area contributed by atoms with E-state index in [-0.39, 0.29) is 18.7 Å². The van der Waals surface area contributed by atoms with E-state index in [4.69, 9.17) is 4.74 Å². The summed E-state index contributed by atoms with van der Waals surface area (Å²) in [5, 5.41) is 12.3. The average Bonchev–Trinajstić information content (AvgIpc) is 2.69. The molecule has 0 radical (unpaired) electrons. The summed E-state index contributed by atoms with van der Waals surface area (Å²) in [4.78, 5) is 17.1. The number of nitrogens with one attached hydrogen (secondary N) is 1. The average molecular weight is 361 g/mol. The minimum absolute atomic E-state index is 0.0200. The number of aliphatic hydroxyl groups is 1. The smallest absolute Gasteiger partial charge is 0.317 e. The van der Waals surface area contributed by atoms with E-state index in [9.17, 15) is 9.90 Å². The van der Waals surface area contributed by atoms with Crippen molar-refractivity contribution in [2.24, 2.45) is 0 Å². The molecule has 1 aromatic carbocycles. The molecule has 2 amide bonds. The van der Waals surface area contributed by atoms with E-state index < -0.39 is 0 Å². The predicted molar refractivity (Wildman–Crippen MR) is 101 cm³/mol. The zero-order chi connectivity index (χ0) is 18.2. The van der Waals surface area contributed by atoms with Crippen molar-refractivity contribution in [3.8, 4) is 0 Å². The van der Waals surface area contributed by atoms with Crippen LogP contribution in [0.2, 0.25) is 0 Å². The van der Waals surface area contributed by atoms with Crippen LogP contribution in [0.15, 0.2) is 24.3 Å². The summed E-state index contributed by atoms with van der Waals surface area (Å²) in [7, 11) is 0. The van der Waals surface area contributed by atoms with E-state index in [0.29, 0.717) is 19.5 Å². The van der Waals surface area contributed by atoms with Crippen LogP contribution in [0.4, 0.5) is 4.79 Å². The topological polar surface area (TPSA) is 65.0 Å². The molecule has 2 N–H and O–H groups in total. The summed E-state index contributed by atoms with van der Waals surface area (Å²) in [5.74, 6) is 0. The second kappa shape index (κ2) is 9.90. The molecule has 0 saturated carbocycles. The Morgan fingerprint density at radius 1 is 1.31 bits per heavy atom. The van der Waals surface area contributed by atoms with Crippen molar-refractivity contribution in [2.45, 2.75) is 31.7 Å². The minimum atomic E-state index is -0.0200. The van der Waals surface area contributed by atoms with Gasteiger partial charge in [-0.25, -0.2) is 4.79 Å². The highest BCUT2D eigenvalue weighted by Crippen LogP contribution is 2.34. The first kappa shape index (κ1) is 19.1. The van der Waals surface area contributed by atoms with Gasteiger partial charge in [-0.1, -0.05) is 24.3 Å². The molecule has 2 aliphatic rings. The van der Waals surface area contributed by atoms with Crippen molar-refractivity contribution in [3.05, 3.63) is 35.4 Å². The third-order valence-corrected chi connectivity index (χ3v) is 5.34. The molecule has 0 bridgehead atoms. The van der Waals surface area contributed by atoms with Gasteiger partial charge in [0.2, 0.25) is 0 Å². The van der Waals surface area contributed by atoms with Crippen LogP contribution in [0.1, 0.15) is 36.4 Å². The van der Waals surface area contributed by atoms with Gasteiger partial charge in [0.1, 0.15) is 0 Å². The van der Waals surface area contributed by atoms with E-state index in [2.05, 4.69) is 34.5 Å². The zero-order valence-electron chi connectivity index (χ0n) is 15.5. The lowest BCUT2D eigenvalue weighted by atomic mass is 9.87. The Kier molecular flexibility index (Phi) is 7.29. The summed E-state index contributed by atoms with van der Waals surface area (Å²) in [6.07, 6.45) is 3.77. The number of fused-ring (bicyclic) bond motifs is 1. The van der Waals surface area contributed by atoms with Gasteiger partial charge >= 0.3 is 6.03 Å². The molecule has 26 heavy (non-hydrogen) atoms. The van der Waals surface area contributed by atoms with Crippen molar-refractivity contribution in [1.82, 2.24) is 15.1 Å². The number of rotatable bonds is 7. The van der Waals surface area contributed by atoms with Gasteiger partial charge in [-0.15, -0.1) is 0 Å². The first-order valence-corrected chi connectivity index (χ1v) is 9.83. The maximum atomic E-state index is 12.9. The van der Waals surface area contributed by atoms with E-state index >= 15 is 0 Å². The Morgan fingerprint density at radius 2 is 2.12 bits per heavy atom. The number of morpholine rings is 1. The molecule has 1 aromatic rings. The van der Waals surface area contributed by atoms with Gasteiger partial charge in [0.15, 0.2) is 0 Å². The predicted octanol–water partition coefficient (Wildman–Crippen LogP) is 1.79. The molecule has 1 atom stereocenters. The molecule has 3 rings (SSSR count). The van der Waals surface area contributed by atoms with Gasteiger partial charge in [0, 0.05) is 39.3 Å². The molecule has 0 spiro atoms. The molecule has 1 aliphatic carbocycles. The molecule has 0 aromatic heterocycles. The number of carbonyl (C=O) groups is 1. The highest BCUT2D eigenvalue weighted by Gasteiger charge is 2.28. The fraction of sp³-hybridized carbons (Fsp3) is 0.650. The SMILES string of the molecule is O=C(NCCN1CCOCC1)N(CCCO)[C@H]1CCCc2ccccc21. The van der Waals surface area contributed by atoms with Crippen LogP contribution >= 0.6 is 0 Å². The van der Waals surface area contributed by atoms with Crippen LogP contribution in [-0.2, 0) is 11.2 Å². The Balaban J connectivity index is 1.61. The second-order valence-corrected chi connectivity index (χ2v) is 7.06. The number of aryl methyl sites for hydroxylation is 1. The van der Waals surface area contributed by atoms with E-state index in [0.717, 1.165) is 52.1 Å². The Labute approximate surface area is 156 Å². The monoisotopic (exact) mass is 361 g/mol. The highest BCUT2D eigenvalue weighted by atomic mass is 16.5. The highest BCUT2D eigenvalue weighted by molar-refractivity contribution is 5.75. The number of urea groups is 1. The van der Waals surface area contributed by atoms with E-state index in [1.54, 1.807) is 0 Å². The van der Waals surface area contributed by atoms with Crippen LogP contribution in [0.5, 0.6) is 0 Å². The van der Waals surface area contributed by atoms with E-state index in [1.165, 1.54) is 11.1 Å². The maximum absolute atomic E-state index is 12.9. The summed E-state index contributed by atoms with van der Waals surface area (Å²) in [6, 6.07) is 8.52. The number of ether oxygens (including phenoxy) is 1. The number of benzene rings is 1. The fourth-order valence-electron chi connectivity index (χ4n) is 3.94. The fourth-order valence-corrected chi connectivity index (χ4v) is 3.94. The van der Waals surface area contributed by atoms with Crippen molar-refractivity contribution < 1.29 is 14.6 Å². The molecule has 1 aliphatic heterocycles. The summed E-state index contributed by atoms with van der Waals surface area (Å²) in [5.41, 5.74) is 2.61. The molecule has 1 fully saturated rings. The molecule has 6 heteroatoms. The molecule has 6 nitrogen and oxygen atoms in total. The summed E-state index contributed by atoms with van der Waals surface area (Å²) < 4.78 is 5.36. The molecule has 144 valence electrons. The van der Waals surface area contributed by atoms with Gasteiger partial charge in [-0.05, 0) is 36.8 Å². The molecule has 1 saturated heterocycles. The summed E-state index contributed by atoms with van der Waals surface area (Å²) in [6.45, 7) is 5.59. The van der Waals surface area contributed by atoms with Crippen LogP contribution in [-0.4, -0.2) is 73.5 Å². The number of hydrogen-bond donors (Lipinski definition) is 2. The van der Waals surface area contributed by atoms with Crippen LogP contribution in [0.25, 0.3) is 0 Å². The number of nitrogens with zero attached hydrogens (tertiary/aromatic N) is 2. The van der Waals surface area contributed by atoms with Crippen molar-refractivity contribution in [3.63, 3.8) is 0 Å². The molecule has 1 heterocycles. The van der Waals surface area contributed by atoms with Crippen molar-refractivity contribution in [1.29, 1.82) is 0 Å². The van der Waals surface area contributed by atoms with Gasteiger partial charge in [0.05, 0.1) is 19.3 Å². The lowest BCUT2D eigenvalue weighted by Crippen LogP contribution is -2.47. The van der Waals surface area contributed by atoms with Gasteiger partial charge in [-0.3, -0.25) is 4.90 Å². The maximum Gasteiger partial charge on any atom is 0.317 e. The Bertz CT molecular complexity index is 575. The largest absolute Gasteiger partial charge is 0.396 e. The third-order valence-electron chi connectivity index (χ3n) is 5.34. The molecular weight excluding hydrogens is 330 g/mol. The Hall–Kier alpha value is -1.63. The normalized spacial score (nSPS) is 20.4. The summed E-state index contributed by atoms with van der Waals surface area (Å²) >= 11 is 0. The van der Waals surface area contributed by atoms with Crippen LogP contribution < -0.4 is 5.32 Å². The van der Waals surface area contributed by atoms with Crippen LogP contribution in [0, 0.1) is 0 Å². The first-order chi connectivity index (χ1) is 12.8. The van der Waals surface area contributed by atoms with Gasteiger partial charge in [-0.2, -0.15) is 0 Å². The van der Waals surface area contributed by atoms with Crippen molar-refractivity contribution >= 4 is 6.03 Å². The number of carbonyl (C=O) groups excluding carboxylic acids is 1. The number of aliphatic hydroxyl groups excluding tert-OH is 1. The minimum Gasteiger partial charge on any atom is -0.396 e. The molecular formula is C20H31N3O3. The quantitative estimate of drug-likeness (QED) is 0.777. The molecule has 0 unspecified atom stereocenters. The lowest BCUT2D eigenvalue weighted by molar-refractivity contribution is 0.0385. The zero-order valence-corrected chi connectivity index (χ0v) is 15.5. The second-order valence-electron chi connectivity index (χ2n) is 7.06. The number of hydrogen-bond acceptors (Lipinski definition) is 4. The first-order valence-electron chi connectivity index (χ1n) is 9.83. The Morgan fingerprint density at radius 3 is 2.92 bits per heavy atom. The van der Waals surface area contributed by atoms with Crippen LogP contribution in [0.3, 0.4) is 0 Å². The van der Waals surface area contributed by atoms with Gasteiger partial charge in [0.25, 0.3) is 0 Å².